The molecular weight excluding hydrogens is 135 g/mol. The van der Waals surface area contributed by atoms with Crippen LogP contribution in [-0.4, -0.2) is 12.8 Å². The Morgan fingerprint density at radius 2 is 2.12 bits per heavy atom. The Morgan fingerprint density at radius 1 is 1.62 bits per heavy atom. The Morgan fingerprint density at radius 3 is 2.25 bits per heavy atom. The van der Waals surface area contributed by atoms with E-state index in [2.05, 4.69) is 4.29 Å². The van der Waals surface area contributed by atoms with E-state index >= 15 is 0 Å². The maximum Gasteiger partial charge on any atom is 0.287 e. The molecule has 1 atom stereocenters. The molecule has 50 valence electrons. The lowest BCUT2D eigenvalue weighted by molar-refractivity contribution is -1.63. The van der Waals surface area contributed by atoms with Gasteiger partial charge in [-0.15, -0.1) is 0 Å². The van der Waals surface area contributed by atoms with Gasteiger partial charge in [-0.25, -0.2) is 0 Å². The zero-order valence-electron chi connectivity index (χ0n) is 4.04. The first-order valence-electron chi connectivity index (χ1n) is 1.85. The maximum absolute atomic E-state index is 9.57. The SMILES string of the molecule is NCC(N)O[Cl+2]([O-])[O-]. The first-order valence-corrected chi connectivity index (χ1v) is 2.77. The van der Waals surface area contributed by atoms with E-state index < -0.39 is 17.0 Å². The van der Waals surface area contributed by atoms with E-state index in [0.29, 0.717) is 0 Å². The molecular formula is C2H7ClN2O3. The molecule has 0 saturated heterocycles. The zero-order chi connectivity index (χ0) is 6.57. The molecule has 0 bridgehead atoms. The Bertz CT molecular complexity index is 61.2. The molecule has 0 aliphatic heterocycles. The van der Waals surface area contributed by atoms with E-state index in [1.54, 1.807) is 0 Å². The van der Waals surface area contributed by atoms with Crippen molar-refractivity contribution < 1.29 is 24.4 Å². The third-order valence-electron chi connectivity index (χ3n) is 0.419. The van der Waals surface area contributed by atoms with E-state index in [1.165, 1.54) is 0 Å². The highest BCUT2D eigenvalue weighted by atomic mass is 35.6. The van der Waals surface area contributed by atoms with Crippen molar-refractivity contribution in [2.24, 2.45) is 11.5 Å². The molecule has 0 spiro atoms. The van der Waals surface area contributed by atoms with Crippen molar-refractivity contribution in [3.05, 3.63) is 0 Å². The van der Waals surface area contributed by atoms with Gasteiger partial charge in [-0.2, -0.15) is 0 Å². The van der Waals surface area contributed by atoms with Crippen LogP contribution in [0.5, 0.6) is 0 Å². The van der Waals surface area contributed by atoms with Crippen LogP contribution in [0, 0.1) is 10.8 Å². The molecule has 5 nitrogen and oxygen atoms in total. The maximum atomic E-state index is 9.57. The molecule has 4 N–H and O–H groups in total. The second-order valence-electron chi connectivity index (χ2n) is 1.05. The summed E-state index contributed by atoms with van der Waals surface area (Å²) in [6.45, 7) is -0.0152. The first-order chi connectivity index (χ1) is 3.66. The number of nitrogens with two attached hydrogens (primary N) is 2. The van der Waals surface area contributed by atoms with Crippen molar-refractivity contribution in [1.29, 1.82) is 0 Å². The molecule has 0 aliphatic carbocycles. The fraction of sp³-hybridized carbons (Fsp3) is 1.00. The average Bonchev–Trinajstić information content (AvgIpc) is 1.65. The van der Waals surface area contributed by atoms with Crippen molar-refractivity contribution >= 4 is 0 Å². The van der Waals surface area contributed by atoms with Crippen LogP contribution < -0.4 is 20.8 Å². The highest BCUT2D eigenvalue weighted by Gasteiger charge is 2.13. The van der Waals surface area contributed by atoms with Gasteiger partial charge in [0.1, 0.15) is 0 Å². The lowest BCUT2D eigenvalue weighted by Gasteiger charge is -1.98. The average molecular weight is 143 g/mol. The fourth-order valence-corrected chi connectivity index (χ4v) is 0.389. The van der Waals surface area contributed by atoms with Crippen LogP contribution in [0.25, 0.3) is 0 Å². The lowest BCUT2D eigenvalue weighted by atomic mass is 10.6. The Kier molecular flexibility index (Phi) is 4.06. The molecule has 8 heavy (non-hydrogen) atoms. The number of hydrogen-bond acceptors (Lipinski definition) is 5. The van der Waals surface area contributed by atoms with Crippen molar-refractivity contribution in [2.75, 3.05) is 6.54 Å². The monoisotopic (exact) mass is 142 g/mol. The Labute approximate surface area is 49.6 Å². The van der Waals surface area contributed by atoms with Crippen molar-refractivity contribution in [1.82, 2.24) is 0 Å². The Balaban J connectivity index is 3.10. The summed E-state index contributed by atoms with van der Waals surface area (Å²) < 4.78 is 23.1. The van der Waals surface area contributed by atoms with Gasteiger partial charge in [-0.3, -0.25) is 5.73 Å². The summed E-state index contributed by atoms with van der Waals surface area (Å²) >= 11 is 0. The highest BCUT2D eigenvalue weighted by Crippen LogP contribution is 1.80. The standard InChI is InChI=1S/C2H7ClN2O3/c4-1-2(5)8-3(6)7/h2H,1,4-5H2. The summed E-state index contributed by atoms with van der Waals surface area (Å²) in [5.41, 5.74) is 9.82. The normalized spacial score (nSPS) is 14.6. The Hall–Kier alpha value is 0.0900. The van der Waals surface area contributed by atoms with Crippen molar-refractivity contribution in [2.45, 2.75) is 6.23 Å². The molecule has 0 aliphatic rings. The summed E-state index contributed by atoms with van der Waals surface area (Å²) in [7, 11) is -2.25. The zero-order valence-corrected chi connectivity index (χ0v) is 4.80. The van der Waals surface area contributed by atoms with Crippen LogP contribution >= 0.6 is 0 Å². The topological polar surface area (TPSA) is 107 Å². The minimum atomic E-state index is -2.25. The van der Waals surface area contributed by atoms with E-state index in [4.69, 9.17) is 11.5 Å². The quantitative estimate of drug-likeness (QED) is 0.395. The smallest absolute Gasteiger partial charge is 0.287 e. The molecule has 0 amide bonds. The van der Waals surface area contributed by atoms with Gasteiger partial charge in [-0.1, -0.05) is 0 Å². The molecule has 1 unspecified atom stereocenters. The van der Waals surface area contributed by atoms with Gasteiger partial charge in [0.2, 0.25) is 6.23 Å². The van der Waals surface area contributed by atoms with Gasteiger partial charge in [0.25, 0.3) is 10.8 Å². The molecule has 0 saturated carbocycles. The number of halogens is 1. The summed E-state index contributed by atoms with van der Waals surface area (Å²) in [5, 5.41) is 0. The van der Waals surface area contributed by atoms with Crippen LogP contribution in [-0.2, 0) is 4.29 Å². The molecule has 0 aromatic carbocycles. The van der Waals surface area contributed by atoms with E-state index in [0.717, 1.165) is 0 Å². The molecule has 0 heterocycles. The predicted molar refractivity (Wildman–Crippen MR) is 18.1 cm³/mol. The summed E-state index contributed by atoms with van der Waals surface area (Å²) in [4.78, 5) is 0. The van der Waals surface area contributed by atoms with Crippen molar-refractivity contribution in [3.8, 4) is 0 Å². The third kappa shape index (κ3) is 4.25. The van der Waals surface area contributed by atoms with Crippen LogP contribution in [0.2, 0.25) is 0 Å². The molecule has 0 aromatic heterocycles. The minimum Gasteiger partial charge on any atom is -0.327 e. The second kappa shape index (κ2) is 4.02. The molecule has 0 rings (SSSR count). The van der Waals surface area contributed by atoms with Crippen LogP contribution in [0.4, 0.5) is 0 Å². The molecule has 6 heteroatoms. The van der Waals surface area contributed by atoms with Gasteiger partial charge in [0.15, 0.2) is 0 Å². The first kappa shape index (κ1) is 8.09. The highest BCUT2D eigenvalue weighted by molar-refractivity contribution is 4.39. The number of hydrogen-bond donors (Lipinski definition) is 2. The molecule has 0 aromatic rings. The van der Waals surface area contributed by atoms with E-state index in [1.807, 2.05) is 0 Å². The largest absolute Gasteiger partial charge is 0.327 e. The predicted octanol–water partition coefficient (Wildman–Crippen LogP) is -3.67. The fourth-order valence-electron chi connectivity index (χ4n) is 0.130. The van der Waals surface area contributed by atoms with Crippen molar-refractivity contribution in [3.63, 3.8) is 0 Å². The molecule has 0 radical (unpaired) electrons. The van der Waals surface area contributed by atoms with Crippen LogP contribution in [0.1, 0.15) is 0 Å². The van der Waals surface area contributed by atoms with E-state index in [9.17, 15) is 9.32 Å². The van der Waals surface area contributed by atoms with Gasteiger partial charge in [0, 0.05) is 10.8 Å². The van der Waals surface area contributed by atoms with Crippen LogP contribution in [0.3, 0.4) is 0 Å². The van der Waals surface area contributed by atoms with Gasteiger partial charge < -0.3 is 15.1 Å². The van der Waals surface area contributed by atoms with Gasteiger partial charge in [-0.05, 0) is 0 Å². The minimum absolute atomic E-state index is 0.0152. The van der Waals surface area contributed by atoms with Gasteiger partial charge in [0.05, 0.1) is 0 Å². The second-order valence-corrected chi connectivity index (χ2v) is 1.61. The van der Waals surface area contributed by atoms with E-state index in [-0.39, 0.29) is 6.54 Å². The lowest BCUT2D eigenvalue weighted by Crippen LogP contribution is -2.43. The summed E-state index contributed by atoms with van der Waals surface area (Å²) in [6.07, 6.45) is -0.925. The van der Waals surface area contributed by atoms with Gasteiger partial charge >= 0.3 is 0 Å². The summed E-state index contributed by atoms with van der Waals surface area (Å²) in [5.74, 6) is 0. The molecule has 0 fully saturated rings. The third-order valence-corrected chi connectivity index (χ3v) is 0.794. The number of rotatable bonds is 3. The summed E-state index contributed by atoms with van der Waals surface area (Å²) in [6, 6.07) is 0. The van der Waals surface area contributed by atoms with Crippen LogP contribution in [0.15, 0.2) is 0 Å².